The summed E-state index contributed by atoms with van der Waals surface area (Å²) < 4.78 is 6.16. The van der Waals surface area contributed by atoms with E-state index in [2.05, 4.69) is 29.5 Å². The van der Waals surface area contributed by atoms with Crippen molar-refractivity contribution in [2.75, 3.05) is 5.75 Å². The predicted molar refractivity (Wildman–Crippen MR) is 212 cm³/mol. The molecule has 0 radical (unpaired) electrons. The average Bonchev–Trinajstić information content (AvgIpc) is 3.16. The highest BCUT2D eigenvalue weighted by Gasteiger charge is 2.35. The summed E-state index contributed by atoms with van der Waals surface area (Å²) in [5.74, 6) is -0.920. The van der Waals surface area contributed by atoms with Gasteiger partial charge in [-0.1, -0.05) is 139 Å². The summed E-state index contributed by atoms with van der Waals surface area (Å²) in [4.78, 5) is 46.8. The Bertz CT molecular complexity index is 2030. The molecular formula is C44H41N3O4S. The number of amidine groups is 1. The van der Waals surface area contributed by atoms with Gasteiger partial charge in [-0.2, -0.15) is 4.99 Å². The van der Waals surface area contributed by atoms with Gasteiger partial charge in [-0.25, -0.2) is 0 Å². The minimum Gasteiger partial charge on any atom is -0.489 e. The summed E-state index contributed by atoms with van der Waals surface area (Å²) in [7, 11) is 0. The maximum absolute atomic E-state index is 14.2. The number of amides is 3. The molecule has 262 valence electrons. The van der Waals surface area contributed by atoms with Crippen LogP contribution in [0.2, 0.25) is 0 Å². The fraction of sp³-hybridized carbons (Fsp3) is 0.136. The number of aryl methyl sites for hydroxylation is 1. The fourth-order valence-corrected chi connectivity index (χ4v) is 6.48. The van der Waals surface area contributed by atoms with Crippen LogP contribution in [-0.2, 0) is 27.4 Å². The summed E-state index contributed by atoms with van der Waals surface area (Å²) >= 11 is 1.02. The first-order valence-corrected chi connectivity index (χ1v) is 17.9. The molecule has 0 unspecified atom stereocenters. The van der Waals surface area contributed by atoms with Gasteiger partial charge in [0, 0.05) is 5.70 Å². The van der Waals surface area contributed by atoms with Crippen molar-refractivity contribution < 1.29 is 19.1 Å². The molecule has 1 N–H and O–H groups in total. The van der Waals surface area contributed by atoms with E-state index >= 15 is 0 Å². The average molecular weight is 708 g/mol. The number of carbonyl (C=O) groups excluding carboxylic acids is 3. The van der Waals surface area contributed by atoms with Crippen LogP contribution in [0.4, 0.5) is 0 Å². The molecule has 4 aromatic carbocycles. The van der Waals surface area contributed by atoms with Crippen LogP contribution in [0.3, 0.4) is 0 Å². The first kappa shape index (κ1) is 37.3. The van der Waals surface area contributed by atoms with Crippen LogP contribution in [-0.4, -0.2) is 33.5 Å². The third-order valence-corrected chi connectivity index (χ3v) is 9.09. The van der Waals surface area contributed by atoms with Gasteiger partial charge in [0.05, 0.1) is 11.8 Å². The lowest BCUT2D eigenvalue weighted by atomic mass is 9.99. The lowest BCUT2D eigenvalue weighted by Gasteiger charge is -2.28. The molecule has 1 aliphatic rings. The number of hydrogen-bond acceptors (Lipinski definition) is 5. The highest BCUT2D eigenvalue weighted by Crippen LogP contribution is 2.29. The quantitative estimate of drug-likeness (QED) is 0.0614. The van der Waals surface area contributed by atoms with Gasteiger partial charge >= 0.3 is 0 Å². The van der Waals surface area contributed by atoms with Gasteiger partial charge in [0.2, 0.25) is 5.91 Å². The van der Waals surface area contributed by atoms with Gasteiger partial charge < -0.3 is 10.1 Å². The van der Waals surface area contributed by atoms with E-state index in [-0.39, 0.29) is 28.4 Å². The number of carbonyl (C=O) groups is 3. The van der Waals surface area contributed by atoms with Crippen LogP contribution in [0.5, 0.6) is 5.75 Å². The Morgan fingerprint density at radius 3 is 2.29 bits per heavy atom. The molecule has 4 aromatic rings. The molecule has 0 fully saturated rings. The highest BCUT2D eigenvalue weighted by molar-refractivity contribution is 8.14. The summed E-state index contributed by atoms with van der Waals surface area (Å²) in [6.45, 7) is 11.9. The maximum atomic E-state index is 14.2. The molecule has 0 aromatic heterocycles. The van der Waals surface area contributed by atoms with Gasteiger partial charge in [0.1, 0.15) is 17.9 Å². The molecule has 3 amide bonds. The standard InChI is InChI=1S/C44H41N3O4S/c1-5-8-23-37(7-3)47-43(50)38(28-32-24-25-39(36(27-32)16-6-2)51-29-33-18-15-17-31(4)26-33)42(49)46-44(47)52-30-40(48)45-41(34-19-11-9-12-20-34)35-21-13-10-14-22-35/h5-15,17-28,41H,1-2,16,29-30H2,3-4H3,(H,45,48)/b23-8-,37-7+,38-28+. The molecule has 0 atom stereocenters. The molecule has 1 heterocycles. The Kier molecular flexibility index (Phi) is 13.1. The van der Waals surface area contributed by atoms with E-state index in [0.29, 0.717) is 30.0 Å². The minimum atomic E-state index is -0.691. The number of nitrogens with zero attached hydrogens (tertiary/aromatic N) is 2. The molecule has 0 saturated heterocycles. The number of allylic oxidation sites excluding steroid dienone is 5. The zero-order chi connectivity index (χ0) is 36.9. The maximum Gasteiger partial charge on any atom is 0.285 e. The van der Waals surface area contributed by atoms with Crippen molar-refractivity contribution in [1.29, 1.82) is 0 Å². The van der Waals surface area contributed by atoms with E-state index < -0.39 is 11.8 Å². The fourth-order valence-electron chi connectivity index (χ4n) is 5.67. The minimum absolute atomic E-state index is 0.0812. The predicted octanol–water partition coefficient (Wildman–Crippen LogP) is 8.70. The second kappa shape index (κ2) is 18.3. The van der Waals surface area contributed by atoms with Crippen LogP contribution in [0.15, 0.2) is 163 Å². The number of hydrogen-bond donors (Lipinski definition) is 1. The second-order valence-electron chi connectivity index (χ2n) is 12.0. The van der Waals surface area contributed by atoms with Crippen molar-refractivity contribution in [2.24, 2.45) is 4.99 Å². The Hall–Kier alpha value is -5.99. The lowest BCUT2D eigenvalue weighted by Crippen LogP contribution is -2.42. The van der Waals surface area contributed by atoms with E-state index in [1.54, 1.807) is 49.4 Å². The second-order valence-corrected chi connectivity index (χ2v) is 12.9. The molecule has 0 bridgehead atoms. The number of ether oxygens (including phenoxy) is 1. The van der Waals surface area contributed by atoms with E-state index in [1.807, 2.05) is 97.9 Å². The van der Waals surface area contributed by atoms with Gasteiger partial charge in [-0.05, 0) is 72.4 Å². The van der Waals surface area contributed by atoms with Crippen molar-refractivity contribution in [3.05, 3.63) is 191 Å². The van der Waals surface area contributed by atoms with Crippen LogP contribution in [0.1, 0.15) is 46.3 Å². The largest absolute Gasteiger partial charge is 0.489 e. The highest BCUT2D eigenvalue weighted by atomic mass is 32.2. The van der Waals surface area contributed by atoms with Crippen molar-refractivity contribution in [3.8, 4) is 5.75 Å². The zero-order valence-electron chi connectivity index (χ0n) is 29.3. The molecule has 52 heavy (non-hydrogen) atoms. The Morgan fingerprint density at radius 1 is 0.942 bits per heavy atom. The van der Waals surface area contributed by atoms with E-state index in [9.17, 15) is 14.4 Å². The Morgan fingerprint density at radius 2 is 1.65 bits per heavy atom. The molecule has 1 aliphatic heterocycles. The summed E-state index contributed by atoms with van der Waals surface area (Å²) in [6.07, 6.45) is 10.6. The van der Waals surface area contributed by atoms with E-state index in [1.165, 1.54) is 4.90 Å². The van der Waals surface area contributed by atoms with Gasteiger partial charge in [-0.15, -0.1) is 6.58 Å². The van der Waals surface area contributed by atoms with Gasteiger partial charge in [0.25, 0.3) is 11.8 Å². The summed E-state index contributed by atoms with van der Waals surface area (Å²) in [5.41, 5.74) is 5.93. The molecular weight excluding hydrogens is 667 g/mol. The van der Waals surface area contributed by atoms with Gasteiger partial charge in [0.15, 0.2) is 5.17 Å². The first-order valence-electron chi connectivity index (χ1n) is 16.9. The third kappa shape index (κ3) is 9.62. The molecule has 8 heteroatoms. The number of benzene rings is 4. The Balaban J connectivity index is 1.40. The molecule has 0 spiro atoms. The van der Waals surface area contributed by atoms with Gasteiger partial charge in [-0.3, -0.25) is 19.3 Å². The van der Waals surface area contributed by atoms with Crippen molar-refractivity contribution >= 4 is 40.7 Å². The normalized spacial score (nSPS) is 14.1. The third-order valence-electron chi connectivity index (χ3n) is 8.15. The van der Waals surface area contributed by atoms with Crippen LogP contribution in [0, 0.1) is 6.92 Å². The smallest absolute Gasteiger partial charge is 0.285 e. The van der Waals surface area contributed by atoms with Crippen molar-refractivity contribution in [3.63, 3.8) is 0 Å². The first-order chi connectivity index (χ1) is 25.3. The monoisotopic (exact) mass is 707 g/mol. The zero-order valence-corrected chi connectivity index (χ0v) is 30.1. The number of thioether (sulfide) groups is 1. The van der Waals surface area contributed by atoms with Crippen molar-refractivity contribution in [2.45, 2.75) is 32.9 Å². The van der Waals surface area contributed by atoms with Crippen molar-refractivity contribution in [1.82, 2.24) is 10.2 Å². The summed E-state index contributed by atoms with van der Waals surface area (Å²) in [5, 5.41) is 3.22. The number of nitrogens with one attached hydrogen (secondary N) is 1. The van der Waals surface area contributed by atoms with E-state index in [0.717, 1.165) is 39.6 Å². The molecule has 5 rings (SSSR count). The van der Waals surface area contributed by atoms with Crippen LogP contribution < -0.4 is 10.1 Å². The van der Waals surface area contributed by atoms with Crippen LogP contribution >= 0.6 is 11.8 Å². The SMILES string of the molecule is C=C/C=C\C(=C/C)N1C(=O)/C(=C/c2ccc(OCc3cccc(C)c3)c(CC=C)c2)C(=O)N=C1SCC(=O)NC(c1ccccc1)c1ccccc1. The summed E-state index contributed by atoms with van der Waals surface area (Å²) in [6, 6.07) is 32.6. The molecule has 0 aliphatic carbocycles. The topological polar surface area (TPSA) is 88.1 Å². The lowest BCUT2D eigenvalue weighted by molar-refractivity contribution is -0.126. The Labute approximate surface area is 309 Å². The van der Waals surface area contributed by atoms with E-state index in [4.69, 9.17) is 4.74 Å². The molecule has 0 saturated carbocycles. The van der Waals surface area contributed by atoms with Crippen LogP contribution in [0.25, 0.3) is 6.08 Å². The number of aliphatic imine (C=N–C) groups is 1. The number of rotatable bonds is 14. The molecule has 7 nitrogen and oxygen atoms in total.